The summed E-state index contributed by atoms with van der Waals surface area (Å²) in [5.74, 6) is 0.410. The topological polar surface area (TPSA) is 99.9 Å². The van der Waals surface area contributed by atoms with Gasteiger partial charge in [-0.3, -0.25) is 4.79 Å². The van der Waals surface area contributed by atoms with Crippen LogP contribution in [0.4, 0.5) is 5.69 Å². The summed E-state index contributed by atoms with van der Waals surface area (Å²) >= 11 is 5.80. The lowest BCUT2D eigenvalue weighted by molar-refractivity contribution is -0.124. The van der Waals surface area contributed by atoms with Gasteiger partial charge in [-0.15, -0.1) is 0 Å². The zero-order chi connectivity index (χ0) is 19.2. The molecule has 0 unspecified atom stereocenters. The van der Waals surface area contributed by atoms with Crippen molar-refractivity contribution in [1.82, 2.24) is 5.32 Å². The summed E-state index contributed by atoms with van der Waals surface area (Å²) in [5, 5.41) is 3.05. The van der Waals surface area contributed by atoms with E-state index in [1.54, 1.807) is 0 Å². The third kappa shape index (κ3) is 5.04. The molecule has 1 aliphatic heterocycles. The highest BCUT2D eigenvalue weighted by atomic mass is 35.5. The van der Waals surface area contributed by atoms with Gasteiger partial charge in [0.2, 0.25) is 0 Å². The van der Waals surface area contributed by atoms with E-state index < -0.39 is 5.97 Å². The Morgan fingerprint density at radius 2 is 1.89 bits per heavy atom. The van der Waals surface area contributed by atoms with E-state index in [-0.39, 0.29) is 23.8 Å². The predicted molar refractivity (Wildman–Crippen MR) is 100 cm³/mol. The number of halogens is 1. The molecular formula is C19H19ClN2O5. The number of nitrogens with one attached hydrogen (secondary N) is 1. The van der Waals surface area contributed by atoms with Crippen molar-refractivity contribution in [2.24, 2.45) is 0 Å². The van der Waals surface area contributed by atoms with Crippen molar-refractivity contribution in [3.05, 3.63) is 52.5 Å². The van der Waals surface area contributed by atoms with Crippen LogP contribution < -0.4 is 20.5 Å². The average Bonchev–Trinajstić information content (AvgIpc) is 2.68. The molecule has 1 aliphatic rings. The predicted octanol–water partition coefficient (Wildman–Crippen LogP) is 2.21. The first kappa shape index (κ1) is 18.8. The van der Waals surface area contributed by atoms with Gasteiger partial charge in [0.1, 0.15) is 13.2 Å². The number of esters is 1. The Bertz CT molecular complexity index is 856. The summed E-state index contributed by atoms with van der Waals surface area (Å²) in [6.45, 7) is 1.11. The first-order valence-corrected chi connectivity index (χ1v) is 8.78. The van der Waals surface area contributed by atoms with E-state index in [4.69, 9.17) is 31.5 Å². The second-order valence-electron chi connectivity index (χ2n) is 5.89. The number of hydrogen-bond donors (Lipinski definition) is 2. The number of anilines is 1. The Hall–Kier alpha value is -2.93. The largest absolute Gasteiger partial charge is 0.486 e. The lowest BCUT2D eigenvalue weighted by Crippen LogP contribution is -2.30. The van der Waals surface area contributed by atoms with Crippen molar-refractivity contribution in [3.63, 3.8) is 0 Å². The minimum Gasteiger partial charge on any atom is -0.486 e. The SMILES string of the molecule is Nc1cc(C(=O)OCC(=O)NCCc2ccc3c(c2)OCCO3)ccc1Cl. The van der Waals surface area contributed by atoms with Gasteiger partial charge in [-0.05, 0) is 42.3 Å². The number of rotatable bonds is 6. The number of amides is 1. The molecule has 0 spiro atoms. The number of hydrogen-bond acceptors (Lipinski definition) is 6. The van der Waals surface area contributed by atoms with Crippen molar-refractivity contribution in [3.8, 4) is 11.5 Å². The third-order valence-electron chi connectivity index (χ3n) is 3.91. The molecule has 0 saturated heterocycles. The van der Waals surface area contributed by atoms with Gasteiger partial charge < -0.3 is 25.3 Å². The normalized spacial score (nSPS) is 12.3. The van der Waals surface area contributed by atoms with Gasteiger partial charge in [-0.2, -0.15) is 0 Å². The van der Waals surface area contributed by atoms with Gasteiger partial charge >= 0.3 is 5.97 Å². The van der Waals surface area contributed by atoms with E-state index in [2.05, 4.69) is 5.32 Å². The molecule has 0 radical (unpaired) electrons. The minimum atomic E-state index is -0.639. The molecule has 0 bridgehead atoms. The standard InChI is InChI=1S/C19H19ClN2O5/c20-14-3-2-13(10-15(14)21)19(24)27-11-18(23)22-6-5-12-1-4-16-17(9-12)26-8-7-25-16/h1-4,9-10H,5-8,11,21H2,(H,22,23). The van der Waals surface area contributed by atoms with Crippen LogP contribution in [0.3, 0.4) is 0 Å². The molecule has 142 valence electrons. The molecule has 0 aliphatic carbocycles. The van der Waals surface area contributed by atoms with E-state index in [9.17, 15) is 9.59 Å². The van der Waals surface area contributed by atoms with Crippen LogP contribution in [0.25, 0.3) is 0 Å². The number of carbonyl (C=O) groups is 2. The molecular weight excluding hydrogens is 372 g/mol. The Labute approximate surface area is 161 Å². The molecule has 2 aromatic carbocycles. The minimum absolute atomic E-state index is 0.237. The Morgan fingerprint density at radius 1 is 1.11 bits per heavy atom. The average molecular weight is 391 g/mol. The van der Waals surface area contributed by atoms with Crippen molar-refractivity contribution in [2.75, 3.05) is 32.1 Å². The Balaban J connectivity index is 1.42. The molecule has 8 heteroatoms. The van der Waals surface area contributed by atoms with E-state index in [0.29, 0.717) is 37.0 Å². The highest BCUT2D eigenvalue weighted by Crippen LogP contribution is 2.30. The van der Waals surface area contributed by atoms with E-state index in [0.717, 1.165) is 11.3 Å². The van der Waals surface area contributed by atoms with Gasteiger partial charge in [0.15, 0.2) is 18.1 Å². The molecule has 2 aromatic rings. The summed E-state index contributed by atoms with van der Waals surface area (Å²) in [4.78, 5) is 23.8. The summed E-state index contributed by atoms with van der Waals surface area (Å²) in [6.07, 6.45) is 0.615. The van der Waals surface area contributed by atoms with Crippen LogP contribution in [-0.2, 0) is 16.0 Å². The lowest BCUT2D eigenvalue weighted by atomic mass is 10.1. The van der Waals surface area contributed by atoms with Crippen LogP contribution in [0.2, 0.25) is 5.02 Å². The number of benzene rings is 2. The number of nitrogens with two attached hydrogens (primary N) is 1. The smallest absolute Gasteiger partial charge is 0.338 e. The van der Waals surface area contributed by atoms with Crippen LogP contribution in [0.15, 0.2) is 36.4 Å². The summed E-state index contributed by atoms with van der Waals surface area (Å²) in [5.41, 5.74) is 7.16. The maximum Gasteiger partial charge on any atom is 0.338 e. The van der Waals surface area contributed by atoms with Crippen molar-refractivity contribution >= 4 is 29.2 Å². The number of fused-ring (bicyclic) bond motifs is 1. The Morgan fingerprint density at radius 3 is 2.67 bits per heavy atom. The van der Waals surface area contributed by atoms with Gasteiger partial charge in [-0.1, -0.05) is 17.7 Å². The molecule has 27 heavy (non-hydrogen) atoms. The maximum absolute atomic E-state index is 11.9. The molecule has 1 heterocycles. The summed E-state index contributed by atoms with van der Waals surface area (Å²) < 4.78 is 16.0. The van der Waals surface area contributed by atoms with Crippen molar-refractivity contribution in [1.29, 1.82) is 0 Å². The molecule has 3 N–H and O–H groups in total. The quantitative estimate of drug-likeness (QED) is 0.579. The molecule has 1 amide bonds. The van der Waals surface area contributed by atoms with E-state index in [1.165, 1.54) is 18.2 Å². The van der Waals surface area contributed by atoms with Crippen LogP contribution in [0, 0.1) is 0 Å². The van der Waals surface area contributed by atoms with Gasteiger partial charge in [0.25, 0.3) is 5.91 Å². The van der Waals surface area contributed by atoms with Gasteiger partial charge in [-0.25, -0.2) is 4.79 Å². The molecule has 3 rings (SSSR count). The molecule has 0 atom stereocenters. The summed E-state index contributed by atoms with van der Waals surface area (Å²) in [6, 6.07) is 10.1. The maximum atomic E-state index is 11.9. The summed E-state index contributed by atoms with van der Waals surface area (Å²) in [7, 11) is 0. The van der Waals surface area contributed by atoms with E-state index in [1.807, 2.05) is 18.2 Å². The third-order valence-corrected chi connectivity index (χ3v) is 4.25. The lowest BCUT2D eigenvalue weighted by Gasteiger charge is -2.18. The fourth-order valence-electron chi connectivity index (χ4n) is 2.53. The number of carbonyl (C=O) groups excluding carboxylic acids is 2. The first-order chi connectivity index (χ1) is 13.0. The molecule has 7 nitrogen and oxygen atoms in total. The second-order valence-corrected chi connectivity index (χ2v) is 6.30. The number of nitrogen functional groups attached to an aromatic ring is 1. The van der Waals surface area contributed by atoms with Crippen LogP contribution in [0.5, 0.6) is 11.5 Å². The van der Waals surface area contributed by atoms with Gasteiger partial charge in [0.05, 0.1) is 16.3 Å². The zero-order valence-electron chi connectivity index (χ0n) is 14.5. The van der Waals surface area contributed by atoms with Crippen LogP contribution >= 0.6 is 11.6 Å². The second kappa shape index (κ2) is 8.64. The first-order valence-electron chi connectivity index (χ1n) is 8.40. The Kier molecular flexibility index (Phi) is 6.03. The van der Waals surface area contributed by atoms with E-state index >= 15 is 0 Å². The van der Waals surface area contributed by atoms with Crippen molar-refractivity contribution < 1.29 is 23.8 Å². The fourth-order valence-corrected chi connectivity index (χ4v) is 2.64. The highest BCUT2D eigenvalue weighted by molar-refractivity contribution is 6.33. The van der Waals surface area contributed by atoms with Crippen LogP contribution in [-0.4, -0.2) is 38.2 Å². The monoisotopic (exact) mass is 390 g/mol. The van der Waals surface area contributed by atoms with Crippen molar-refractivity contribution in [2.45, 2.75) is 6.42 Å². The molecule has 0 saturated carbocycles. The van der Waals surface area contributed by atoms with Gasteiger partial charge in [0, 0.05) is 6.54 Å². The fraction of sp³-hybridized carbons (Fsp3) is 0.263. The molecule has 0 fully saturated rings. The number of ether oxygens (including phenoxy) is 3. The zero-order valence-corrected chi connectivity index (χ0v) is 15.3. The highest BCUT2D eigenvalue weighted by Gasteiger charge is 2.13. The molecule has 0 aromatic heterocycles. The van der Waals surface area contributed by atoms with Crippen LogP contribution in [0.1, 0.15) is 15.9 Å².